The van der Waals surface area contributed by atoms with Crippen LogP contribution in [0, 0.1) is 11.6 Å². The third kappa shape index (κ3) is 3.88. The molecule has 0 saturated heterocycles. The van der Waals surface area contributed by atoms with Gasteiger partial charge in [-0.15, -0.1) is 0 Å². The van der Waals surface area contributed by atoms with Gasteiger partial charge in [-0.1, -0.05) is 6.58 Å². The first-order valence-electron chi connectivity index (χ1n) is 5.84. The molecule has 0 aliphatic carbocycles. The van der Waals surface area contributed by atoms with Gasteiger partial charge in [0.25, 0.3) is 0 Å². The SMILES string of the molecule is C=C(C(=O)OCC)C(OC(C)=O)c1ccc(F)cc1F. The number of halogens is 2. The number of carbonyl (C=O) groups excluding carboxylic acids is 2. The van der Waals surface area contributed by atoms with E-state index in [0.29, 0.717) is 6.07 Å². The monoisotopic (exact) mass is 284 g/mol. The van der Waals surface area contributed by atoms with Crippen molar-refractivity contribution in [3.63, 3.8) is 0 Å². The van der Waals surface area contributed by atoms with Crippen LogP contribution in [0.3, 0.4) is 0 Å². The van der Waals surface area contributed by atoms with E-state index in [1.165, 1.54) is 0 Å². The van der Waals surface area contributed by atoms with E-state index in [1.54, 1.807) is 6.92 Å². The molecule has 0 aliphatic rings. The molecule has 0 saturated carbocycles. The molecule has 0 fully saturated rings. The highest BCUT2D eigenvalue weighted by Crippen LogP contribution is 2.28. The quantitative estimate of drug-likeness (QED) is 0.616. The molecular formula is C14H14F2O4. The molecule has 1 aromatic carbocycles. The lowest BCUT2D eigenvalue weighted by atomic mass is 10.0. The summed E-state index contributed by atoms with van der Waals surface area (Å²) in [6.07, 6.45) is -1.35. The number of hydrogen-bond donors (Lipinski definition) is 0. The highest BCUT2D eigenvalue weighted by atomic mass is 19.1. The highest BCUT2D eigenvalue weighted by Gasteiger charge is 2.27. The van der Waals surface area contributed by atoms with Gasteiger partial charge in [0.2, 0.25) is 0 Å². The zero-order valence-corrected chi connectivity index (χ0v) is 11.1. The van der Waals surface area contributed by atoms with Crippen LogP contribution < -0.4 is 0 Å². The van der Waals surface area contributed by atoms with Gasteiger partial charge in [-0.25, -0.2) is 13.6 Å². The zero-order valence-electron chi connectivity index (χ0n) is 11.1. The Bertz CT molecular complexity index is 540. The minimum atomic E-state index is -1.35. The molecule has 0 spiro atoms. The Morgan fingerprint density at radius 2 is 2.00 bits per heavy atom. The molecule has 0 heterocycles. The molecular weight excluding hydrogens is 270 g/mol. The van der Waals surface area contributed by atoms with E-state index in [0.717, 1.165) is 19.1 Å². The Hall–Kier alpha value is -2.24. The molecule has 4 nitrogen and oxygen atoms in total. The number of hydrogen-bond acceptors (Lipinski definition) is 4. The molecule has 1 aromatic rings. The van der Waals surface area contributed by atoms with E-state index in [9.17, 15) is 18.4 Å². The van der Waals surface area contributed by atoms with Crippen molar-refractivity contribution in [3.05, 3.63) is 47.5 Å². The van der Waals surface area contributed by atoms with Crippen molar-refractivity contribution in [2.75, 3.05) is 6.61 Å². The van der Waals surface area contributed by atoms with Crippen molar-refractivity contribution in [2.24, 2.45) is 0 Å². The maximum atomic E-state index is 13.7. The van der Waals surface area contributed by atoms with Gasteiger partial charge in [-0.05, 0) is 19.1 Å². The van der Waals surface area contributed by atoms with Gasteiger partial charge < -0.3 is 9.47 Å². The van der Waals surface area contributed by atoms with Crippen molar-refractivity contribution in [1.82, 2.24) is 0 Å². The molecule has 0 amide bonds. The number of ether oxygens (including phenoxy) is 2. The molecule has 20 heavy (non-hydrogen) atoms. The second-order valence-electron chi connectivity index (χ2n) is 3.90. The molecule has 1 atom stereocenters. The summed E-state index contributed by atoms with van der Waals surface area (Å²) < 4.78 is 36.2. The summed E-state index contributed by atoms with van der Waals surface area (Å²) in [6.45, 7) is 6.24. The Balaban J connectivity index is 3.14. The average Bonchev–Trinajstić information content (AvgIpc) is 2.35. The summed E-state index contributed by atoms with van der Waals surface area (Å²) >= 11 is 0. The summed E-state index contributed by atoms with van der Waals surface area (Å²) in [7, 11) is 0. The Kier molecular flexibility index (Phi) is 5.37. The maximum Gasteiger partial charge on any atom is 0.337 e. The van der Waals surface area contributed by atoms with Gasteiger partial charge >= 0.3 is 11.9 Å². The van der Waals surface area contributed by atoms with Crippen molar-refractivity contribution in [2.45, 2.75) is 20.0 Å². The number of benzene rings is 1. The van der Waals surface area contributed by atoms with Crippen LogP contribution in [0.15, 0.2) is 30.4 Å². The van der Waals surface area contributed by atoms with Gasteiger partial charge in [-0.3, -0.25) is 4.79 Å². The molecule has 6 heteroatoms. The molecule has 1 rings (SSSR count). The number of rotatable bonds is 5. The molecule has 1 unspecified atom stereocenters. The third-order valence-corrected chi connectivity index (χ3v) is 2.38. The molecule has 0 N–H and O–H groups in total. The Labute approximate surface area is 115 Å². The van der Waals surface area contributed by atoms with Crippen LogP contribution in [-0.4, -0.2) is 18.5 Å². The fourth-order valence-corrected chi connectivity index (χ4v) is 1.53. The number of esters is 2. The first-order valence-corrected chi connectivity index (χ1v) is 5.84. The van der Waals surface area contributed by atoms with Gasteiger partial charge in [0.05, 0.1) is 12.2 Å². The minimum absolute atomic E-state index is 0.0938. The van der Waals surface area contributed by atoms with Gasteiger partial charge in [0, 0.05) is 18.6 Å². The second kappa shape index (κ2) is 6.79. The van der Waals surface area contributed by atoms with Gasteiger partial charge in [0.15, 0.2) is 6.10 Å². The van der Waals surface area contributed by atoms with Crippen LogP contribution >= 0.6 is 0 Å². The van der Waals surface area contributed by atoms with E-state index in [1.807, 2.05) is 0 Å². The summed E-state index contributed by atoms with van der Waals surface area (Å²) in [6, 6.07) is 2.71. The summed E-state index contributed by atoms with van der Waals surface area (Å²) in [5, 5.41) is 0. The van der Waals surface area contributed by atoms with E-state index in [4.69, 9.17) is 9.47 Å². The molecule has 0 radical (unpaired) electrons. The predicted molar refractivity (Wildman–Crippen MR) is 66.6 cm³/mol. The lowest BCUT2D eigenvalue weighted by Gasteiger charge is -2.19. The van der Waals surface area contributed by atoms with Crippen LogP contribution in [0.2, 0.25) is 0 Å². The largest absolute Gasteiger partial charge is 0.463 e. The van der Waals surface area contributed by atoms with Gasteiger partial charge in [0.1, 0.15) is 11.6 Å². The van der Waals surface area contributed by atoms with Crippen LogP contribution in [0.4, 0.5) is 8.78 Å². The molecule has 0 bridgehead atoms. The maximum absolute atomic E-state index is 13.7. The van der Waals surface area contributed by atoms with E-state index in [2.05, 4.69) is 6.58 Å². The third-order valence-electron chi connectivity index (χ3n) is 2.38. The minimum Gasteiger partial charge on any atom is -0.463 e. The Morgan fingerprint density at radius 3 is 2.50 bits per heavy atom. The normalized spacial score (nSPS) is 11.6. The second-order valence-corrected chi connectivity index (χ2v) is 3.90. The van der Waals surface area contributed by atoms with Crippen LogP contribution in [0.1, 0.15) is 25.5 Å². The average molecular weight is 284 g/mol. The lowest BCUT2D eigenvalue weighted by molar-refractivity contribution is -0.148. The smallest absolute Gasteiger partial charge is 0.337 e. The fraction of sp³-hybridized carbons (Fsp3) is 0.286. The predicted octanol–water partition coefficient (Wildman–Crippen LogP) is 2.69. The van der Waals surface area contributed by atoms with Crippen LogP contribution in [0.25, 0.3) is 0 Å². The topological polar surface area (TPSA) is 52.6 Å². The van der Waals surface area contributed by atoms with Crippen molar-refractivity contribution in [1.29, 1.82) is 0 Å². The Morgan fingerprint density at radius 1 is 1.35 bits per heavy atom. The first-order chi connectivity index (χ1) is 9.36. The lowest BCUT2D eigenvalue weighted by Crippen LogP contribution is -2.19. The van der Waals surface area contributed by atoms with Crippen molar-refractivity contribution >= 4 is 11.9 Å². The highest BCUT2D eigenvalue weighted by molar-refractivity contribution is 5.89. The summed E-state index contributed by atoms with van der Waals surface area (Å²) in [5.74, 6) is -3.28. The van der Waals surface area contributed by atoms with Crippen molar-refractivity contribution in [3.8, 4) is 0 Å². The standard InChI is InChI=1S/C14H14F2O4/c1-4-19-14(18)8(2)13(20-9(3)17)11-6-5-10(15)7-12(11)16/h5-7,13H,2,4H2,1,3H3. The van der Waals surface area contributed by atoms with E-state index < -0.39 is 29.7 Å². The zero-order chi connectivity index (χ0) is 15.3. The fourth-order valence-electron chi connectivity index (χ4n) is 1.53. The van der Waals surface area contributed by atoms with Gasteiger partial charge in [-0.2, -0.15) is 0 Å². The summed E-state index contributed by atoms with van der Waals surface area (Å²) in [4.78, 5) is 22.7. The summed E-state index contributed by atoms with van der Waals surface area (Å²) in [5.41, 5.74) is -0.410. The molecule has 108 valence electrons. The van der Waals surface area contributed by atoms with Crippen LogP contribution in [0.5, 0.6) is 0 Å². The first kappa shape index (κ1) is 15.8. The molecule has 0 aliphatic heterocycles. The number of carbonyl (C=O) groups is 2. The van der Waals surface area contributed by atoms with Crippen molar-refractivity contribution < 1.29 is 27.8 Å². The molecule has 0 aromatic heterocycles. The van der Waals surface area contributed by atoms with E-state index >= 15 is 0 Å². The van der Waals surface area contributed by atoms with E-state index in [-0.39, 0.29) is 17.7 Å². The van der Waals surface area contributed by atoms with Crippen LogP contribution in [-0.2, 0) is 19.1 Å².